The molecule has 2 aromatic rings. The molecule has 0 spiro atoms. The van der Waals surface area contributed by atoms with Gasteiger partial charge in [0.1, 0.15) is 5.75 Å². The Balaban J connectivity index is 2.27. The van der Waals surface area contributed by atoms with Crippen LogP contribution >= 0.6 is 11.3 Å². The molecule has 0 amide bonds. The molecule has 1 atom stereocenters. The Labute approximate surface area is 109 Å². The first kappa shape index (κ1) is 12.6. The quantitative estimate of drug-likeness (QED) is 0.889. The van der Waals surface area contributed by atoms with Gasteiger partial charge in [-0.1, -0.05) is 12.1 Å². The molecule has 3 nitrogen and oxygen atoms in total. The summed E-state index contributed by atoms with van der Waals surface area (Å²) >= 11 is 1.58. The SMILES string of the molecule is Cc1ccsc1CC(C(=O)O)c1ccc(O)cc1. The molecule has 1 aromatic carbocycles. The number of carboxylic acid groups (broad SMARTS) is 1. The van der Waals surface area contributed by atoms with Crippen LogP contribution in [0.2, 0.25) is 0 Å². The molecule has 0 fully saturated rings. The molecule has 0 saturated heterocycles. The molecule has 94 valence electrons. The summed E-state index contributed by atoms with van der Waals surface area (Å²) in [4.78, 5) is 12.5. The van der Waals surface area contributed by atoms with Crippen molar-refractivity contribution in [2.75, 3.05) is 0 Å². The number of aliphatic carboxylic acids is 1. The first-order valence-corrected chi connectivity index (χ1v) is 6.50. The van der Waals surface area contributed by atoms with E-state index in [4.69, 9.17) is 0 Å². The first-order chi connectivity index (χ1) is 8.58. The smallest absolute Gasteiger partial charge is 0.311 e. The van der Waals surface area contributed by atoms with Crippen molar-refractivity contribution in [2.24, 2.45) is 0 Å². The summed E-state index contributed by atoms with van der Waals surface area (Å²) in [6.45, 7) is 1.99. The van der Waals surface area contributed by atoms with Gasteiger partial charge in [0.15, 0.2) is 0 Å². The number of hydrogen-bond donors (Lipinski definition) is 2. The molecule has 4 heteroatoms. The van der Waals surface area contributed by atoms with Gasteiger partial charge in [0, 0.05) is 4.88 Å². The van der Waals surface area contributed by atoms with Crippen molar-refractivity contribution in [1.82, 2.24) is 0 Å². The lowest BCUT2D eigenvalue weighted by Gasteiger charge is -2.12. The normalized spacial score (nSPS) is 12.3. The Bertz CT molecular complexity index is 542. The predicted molar refractivity (Wildman–Crippen MR) is 71.2 cm³/mol. The molecule has 1 heterocycles. The van der Waals surface area contributed by atoms with Gasteiger partial charge in [-0.05, 0) is 48.1 Å². The molecule has 1 aromatic heterocycles. The Hall–Kier alpha value is -1.81. The summed E-state index contributed by atoms with van der Waals surface area (Å²) in [5.41, 5.74) is 1.85. The number of phenols is 1. The van der Waals surface area contributed by atoms with Gasteiger partial charge in [-0.2, -0.15) is 0 Å². The average molecular weight is 262 g/mol. The molecule has 0 bridgehead atoms. The van der Waals surface area contributed by atoms with E-state index < -0.39 is 11.9 Å². The van der Waals surface area contributed by atoms with Crippen LogP contribution in [-0.4, -0.2) is 16.2 Å². The third kappa shape index (κ3) is 2.71. The number of thiophene rings is 1. The molecule has 0 radical (unpaired) electrons. The Morgan fingerprint density at radius 2 is 1.94 bits per heavy atom. The van der Waals surface area contributed by atoms with Crippen LogP contribution in [0, 0.1) is 6.92 Å². The summed E-state index contributed by atoms with van der Waals surface area (Å²) < 4.78 is 0. The second-order valence-electron chi connectivity index (χ2n) is 4.21. The van der Waals surface area contributed by atoms with Gasteiger partial charge < -0.3 is 10.2 Å². The number of phenolic OH excluding ortho intramolecular Hbond substituents is 1. The lowest BCUT2D eigenvalue weighted by atomic mass is 9.94. The highest BCUT2D eigenvalue weighted by molar-refractivity contribution is 7.10. The molecule has 18 heavy (non-hydrogen) atoms. The Morgan fingerprint density at radius 1 is 1.28 bits per heavy atom. The summed E-state index contributed by atoms with van der Waals surface area (Å²) in [5.74, 6) is -1.26. The van der Waals surface area contributed by atoms with Crippen LogP contribution in [0.5, 0.6) is 5.75 Å². The predicted octanol–water partition coefficient (Wildman–Crippen LogP) is 3.17. The summed E-state index contributed by atoms with van der Waals surface area (Å²) in [5, 5.41) is 20.5. The number of benzene rings is 1. The number of rotatable bonds is 4. The van der Waals surface area contributed by atoms with Crippen LogP contribution in [0.25, 0.3) is 0 Å². The van der Waals surface area contributed by atoms with E-state index in [-0.39, 0.29) is 5.75 Å². The molecule has 2 N–H and O–H groups in total. The van der Waals surface area contributed by atoms with Crippen molar-refractivity contribution in [2.45, 2.75) is 19.3 Å². The van der Waals surface area contributed by atoms with E-state index in [9.17, 15) is 15.0 Å². The summed E-state index contributed by atoms with van der Waals surface area (Å²) in [6, 6.07) is 8.36. The van der Waals surface area contributed by atoms with Gasteiger partial charge >= 0.3 is 5.97 Å². The fourth-order valence-corrected chi connectivity index (χ4v) is 2.81. The highest BCUT2D eigenvalue weighted by atomic mass is 32.1. The van der Waals surface area contributed by atoms with E-state index in [0.29, 0.717) is 12.0 Å². The van der Waals surface area contributed by atoms with E-state index >= 15 is 0 Å². The van der Waals surface area contributed by atoms with Crippen molar-refractivity contribution in [3.63, 3.8) is 0 Å². The third-order valence-electron chi connectivity index (χ3n) is 2.95. The van der Waals surface area contributed by atoms with Crippen LogP contribution < -0.4 is 0 Å². The standard InChI is InChI=1S/C14H14O3S/c1-9-6-7-18-13(9)8-12(14(16)17)10-2-4-11(15)5-3-10/h2-7,12,15H,8H2,1H3,(H,16,17). The number of carboxylic acids is 1. The van der Waals surface area contributed by atoms with E-state index in [1.165, 1.54) is 12.1 Å². The molecule has 0 aliphatic rings. The second-order valence-corrected chi connectivity index (χ2v) is 5.21. The van der Waals surface area contributed by atoms with Crippen molar-refractivity contribution in [3.8, 4) is 5.75 Å². The third-order valence-corrected chi connectivity index (χ3v) is 4.00. The highest BCUT2D eigenvalue weighted by Crippen LogP contribution is 2.27. The van der Waals surface area contributed by atoms with Gasteiger partial charge in [0.05, 0.1) is 5.92 Å². The fourth-order valence-electron chi connectivity index (χ4n) is 1.85. The monoisotopic (exact) mass is 262 g/mol. The van der Waals surface area contributed by atoms with Crippen LogP contribution in [0.1, 0.15) is 21.9 Å². The van der Waals surface area contributed by atoms with Crippen LogP contribution in [0.15, 0.2) is 35.7 Å². The molecule has 1 unspecified atom stereocenters. The number of hydrogen-bond acceptors (Lipinski definition) is 3. The minimum Gasteiger partial charge on any atom is -0.508 e. The van der Waals surface area contributed by atoms with Crippen molar-refractivity contribution >= 4 is 17.3 Å². The number of aryl methyl sites for hydroxylation is 1. The van der Waals surface area contributed by atoms with Crippen molar-refractivity contribution in [1.29, 1.82) is 0 Å². The van der Waals surface area contributed by atoms with E-state index in [0.717, 1.165) is 10.4 Å². The average Bonchev–Trinajstić information content (AvgIpc) is 2.73. The van der Waals surface area contributed by atoms with Crippen LogP contribution in [0.3, 0.4) is 0 Å². The largest absolute Gasteiger partial charge is 0.508 e. The Morgan fingerprint density at radius 3 is 2.44 bits per heavy atom. The van der Waals surface area contributed by atoms with E-state index in [1.54, 1.807) is 23.5 Å². The summed E-state index contributed by atoms with van der Waals surface area (Å²) in [6.07, 6.45) is 0.490. The number of carbonyl (C=O) groups is 1. The zero-order chi connectivity index (χ0) is 13.1. The number of aromatic hydroxyl groups is 1. The summed E-state index contributed by atoms with van der Waals surface area (Å²) in [7, 11) is 0. The van der Waals surface area contributed by atoms with Gasteiger partial charge in [-0.3, -0.25) is 4.79 Å². The lowest BCUT2D eigenvalue weighted by Crippen LogP contribution is -2.14. The molecular weight excluding hydrogens is 248 g/mol. The van der Waals surface area contributed by atoms with Crippen molar-refractivity contribution < 1.29 is 15.0 Å². The van der Waals surface area contributed by atoms with E-state index in [2.05, 4.69) is 0 Å². The maximum atomic E-state index is 11.4. The molecule has 0 aliphatic carbocycles. The topological polar surface area (TPSA) is 57.5 Å². The van der Waals surface area contributed by atoms with Gasteiger partial charge in [-0.25, -0.2) is 0 Å². The van der Waals surface area contributed by atoms with E-state index in [1.807, 2.05) is 18.4 Å². The molecule has 0 aliphatic heterocycles. The van der Waals surface area contributed by atoms with Crippen molar-refractivity contribution in [3.05, 3.63) is 51.7 Å². The maximum absolute atomic E-state index is 11.4. The minimum absolute atomic E-state index is 0.148. The lowest BCUT2D eigenvalue weighted by molar-refractivity contribution is -0.138. The van der Waals surface area contributed by atoms with Crippen LogP contribution in [0.4, 0.5) is 0 Å². The first-order valence-electron chi connectivity index (χ1n) is 5.62. The second kappa shape index (κ2) is 5.23. The minimum atomic E-state index is -0.839. The molecule has 0 saturated carbocycles. The van der Waals surface area contributed by atoms with Gasteiger partial charge in [-0.15, -0.1) is 11.3 Å². The van der Waals surface area contributed by atoms with Crippen LogP contribution in [-0.2, 0) is 11.2 Å². The highest BCUT2D eigenvalue weighted by Gasteiger charge is 2.21. The Kier molecular flexibility index (Phi) is 3.67. The molecular formula is C14H14O3S. The maximum Gasteiger partial charge on any atom is 0.311 e. The molecule has 2 rings (SSSR count). The zero-order valence-electron chi connectivity index (χ0n) is 9.96. The zero-order valence-corrected chi connectivity index (χ0v) is 10.8. The van der Waals surface area contributed by atoms with Gasteiger partial charge in [0.2, 0.25) is 0 Å². The van der Waals surface area contributed by atoms with Gasteiger partial charge in [0.25, 0.3) is 0 Å². The fraction of sp³-hybridized carbons (Fsp3) is 0.214.